The van der Waals surface area contributed by atoms with E-state index >= 15 is 0 Å². The number of rotatable bonds is 2. The first-order valence-electron chi connectivity index (χ1n) is 7.40. The molecule has 1 aliphatic carbocycles. The van der Waals surface area contributed by atoms with E-state index in [1.807, 2.05) is 0 Å². The first kappa shape index (κ1) is 14.8. The van der Waals surface area contributed by atoms with Gasteiger partial charge in [0.05, 0.1) is 4.88 Å². The van der Waals surface area contributed by atoms with Gasteiger partial charge in [0.25, 0.3) is 0 Å². The van der Waals surface area contributed by atoms with Crippen LogP contribution in [0.3, 0.4) is 0 Å². The summed E-state index contributed by atoms with van der Waals surface area (Å²) < 4.78 is 0. The van der Waals surface area contributed by atoms with Crippen molar-refractivity contribution in [2.75, 3.05) is 0 Å². The monoisotopic (exact) mass is 278 g/mol. The topological polar surface area (TPSA) is 17.1 Å². The molecule has 1 aliphatic rings. The maximum atomic E-state index is 12.6. The van der Waals surface area contributed by atoms with E-state index < -0.39 is 0 Å². The lowest BCUT2D eigenvalue weighted by Crippen LogP contribution is -2.28. The number of aryl methyl sites for hydroxylation is 2. The molecule has 0 saturated heterocycles. The lowest BCUT2D eigenvalue weighted by molar-refractivity contribution is 0.0823. The molecular formula is C17H26OS. The van der Waals surface area contributed by atoms with E-state index in [1.54, 1.807) is 11.3 Å². The van der Waals surface area contributed by atoms with Crippen molar-refractivity contribution in [3.05, 3.63) is 21.4 Å². The average molecular weight is 278 g/mol. The van der Waals surface area contributed by atoms with Gasteiger partial charge in [0.1, 0.15) is 0 Å². The molecule has 0 amide bonds. The van der Waals surface area contributed by atoms with Crippen molar-refractivity contribution in [1.29, 1.82) is 0 Å². The summed E-state index contributed by atoms with van der Waals surface area (Å²) >= 11 is 1.67. The molecule has 1 heterocycles. The number of Topliss-reactive ketones (excluding diaryl/α,β-unsaturated/α-hetero) is 1. The van der Waals surface area contributed by atoms with E-state index in [1.165, 1.54) is 23.3 Å². The molecule has 2 rings (SSSR count). The fourth-order valence-electron chi connectivity index (χ4n) is 3.29. The molecular weight excluding hydrogens is 252 g/mol. The number of carbonyl (C=O) groups is 1. The van der Waals surface area contributed by atoms with E-state index in [0.29, 0.717) is 11.2 Å². The first-order chi connectivity index (χ1) is 8.79. The fourth-order valence-corrected chi connectivity index (χ4v) is 4.34. The Morgan fingerprint density at radius 2 is 1.74 bits per heavy atom. The summed E-state index contributed by atoms with van der Waals surface area (Å²) in [7, 11) is 0. The molecule has 1 nitrogen and oxygen atoms in total. The minimum atomic E-state index is 0.273. The molecule has 19 heavy (non-hydrogen) atoms. The average Bonchev–Trinajstić information content (AvgIpc) is 2.66. The van der Waals surface area contributed by atoms with Crippen LogP contribution in [-0.2, 0) is 0 Å². The lowest BCUT2D eigenvalue weighted by atomic mass is 9.69. The van der Waals surface area contributed by atoms with Gasteiger partial charge < -0.3 is 0 Å². The quantitative estimate of drug-likeness (QED) is 0.662. The third-order valence-electron chi connectivity index (χ3n) is 4.59. The summed E-state index contributed by atoms with van der Waals surface area (Å²) in [6.45, 7) is 11.1. The van der Waals surface area contributed by atoms with E-state index in [0.717, 1.165) is 23.6 Å². The Bertz CT molecular complexity index is 456. The number of ketones is 1. The number of carbonyl (C=O) groups excluding carboxylic acids is 1. The summed E-state index contributed by atoms with van der Waals surface area (Å²) in [6.07, 6.45) is 4.58. The van der Waals surface area contributed by atoms with Gasteiger partial charge in [-0.15, -0.1) is 11.3 Å². The van der Waals surface area contributed by atoms with Crippen molar-refractivity contribution >= 4 is 17.1 Å². The second kappa shape index (κ2) is 5.40. The molecule has 1 fully saturated rings. The van der Waals surface area contributed by atoms with Crippen molar-refractivity contribution in [1.82, 2.24) is 0 Å². The Kier molecular flexibility index (Phi) is 4.20. The number of thiophene rings is 1. The van der Waals surface area contributed by atoms with Gasteiger partial charge in [-0.25, -0.2) is 0 Å². The van der Waals surface area contributed by atoms with E-state index in [4.69, 9.17) is 0 Å². The van der Waals surface area contributed by atoms with Crippen LogP contribution in [0.1, 0.15) is 66.6 Å². The molecule has 0 radical (unpaired) electrons. The lowest BCUT2D eigenvalue weighted by Gasteiger charge is -2.36. The zero-order valence-electron chi connectivity index (χ0n) is 12.9. The van der Waals surface area contributed by atoms with Crippen LogP contribution in [-0.4, -0.2) is 5.78 Å². The van der Waals surface area contributed by atoms with Crippen LogP contribution in [0, 0.1) is 31.1 Å². The standard InChI is InChI=1S/C17H26OS/c1-11-10-12(2)19-16(11)15(18)13-6-8-14(9-7-13)17(3,4)5/h10,13-14H,6-9H2,1-5H3. The van der Waals surface area contributed by atoms with Crippen LogP contribution >= 0.6 is 11.3 Å². The van der Waals surface area contributed by atoms with Gasteiger partial charge >= 0.3 is 0 Å². The zero-order valence-corrected chi connectivity index (χ0v) is 13.7. The van der Waals surface area contributed by atoms with Crippen LogP contribution in [0.5, 0.6) is 0 Å². The molecule has 0 bridgehead atoms. The van der Waals surface area contributed by atoms with Gasteiger partial charge in [0.15, 0.2) is 5.78 Å². The van der Waals surface area contributed by atoms with E-state index in [9.17, 15) is 4.79 Å². The zero-order chi connectivity index (χ0) is 14.2. The van der Waals surface area contributed by atoms with Gasteiger partial charge in [-0.1, -0.05) is 20.8 Å². The Labute approximate surface area is 121 Å². The predicted molar refractivity (Wildman–Crippen MR) is 83.0 cm³/mol. The van der Waals surface area contributed by atoms with Crippen LogP contribution in [0.2, 0.25) is 0 Å². The molecule has 0 N–H and O–H groups in total. The van der Waals surface area contributed by atoms with Crippen LogP contribution in [0.25, 0.3) is 0 Å². The van der Waals surface area contributed by atoms with Gasteiger partial charge in [-0.3, -0.25) is 4.79 Å². The van der Waals surface area contributed by atoms with Crippen molar-refractivity contribution in [3.63, 3.8) is 0 Å². The summed E-state index contributed by atoms with van der Waals surface area (Å²) in [5.41, 5.74) is 1.56. The van der Waals surface area contributed by atoms with E-state index in [2.05, 4.69) is 40.7 Å². The molecule has 0 atom stereocenters. The Balaban J connectivity index is 2.02. The molecule has 1 aromatic heterocycles. The van der Waals surface area contributed by atoms with Crippen molar-refractivity contribution in [2.45, 2.75) is 60.3 Å². The van der Waals surface area contributed by atoms with Gasteiger partial charge in [-0.05, 0) is 62.5 Å². The number of hydrogen-bond donors (Lipinski definition) is 0. The second-order valence-electron chi connectivity index (χ2n) is 7.15. The molecule has 1 aromatic rings. The highest BCUT2D eigenvalue weighted by molar-refractivity contribution is 7.14. The summed E-state index contributed by atoms with van der Waals surface area (Å²) in [5.74, 6) is 1.46. The first-order valence-corrected chi connectivity index (χ1v) is 8.22. The van der Waals surface area contributed by atoms with Crippen LogP contribution in [0.15, 0.2) is 6.07 Å². The molecule has 2 heteroatoms. The Hall–Kier alpha value is -0.630. The van der Waals surface area contributed by atoms with E-state index in [-0.39, 0.29) is 5.92 Å². The molecule has 0 aromatic carbocycles. The van der Waals surface area contributed by atoms with Gasteiger partial charge in [-0.2, -0.15) is 0 Å². The van der Waals surface area contributed by atoms with Crippen molar-refractivity contribution in [2.24, 2.45) is 17.3 Å². The van der Waals surface area contributed by atoms with Crippen molar-refractivity contribution < 1.29 is 4.79 Å². The SMILES string of the molecule is Cc1cc(C)c(C(=O)C2CCC(C(C)(C)C)CC2)s1. The highest BCUT2D eigenvalue weighted by atomic mass is 32.1. The Morgan fingerprint density at radius 3 is 2.16 bits per heavy atom. The second-order valence-corrected chi connectivity index (χ2v) is 8.40. The summed E-state index contributed by atoms with van der Waals surface area (Å²) in [6, 6.07) is 2.14. The van der Waals surface area contributed by atoms with Crippen LogP contribution < -0.4 is 0 Å². The molecule has 0 spiro atoms. The molecule has 106 valence electrons. The minimum Gasteiger partial charge on any atom is -0.293 e. The molecule has 1 saturated carbocycles. The number of hydrogen-bond acceptors (Lipinski definition) is 2. The third-order valence-corrected chi connectivity index (χ3v) is 5.75. The normalized spacial score (nSPS) is 24.5. The maximum Gasteiger partial charge on any atom is 0.176 e. The highest BCUT2D eigenvalue weighted by Crippen LogP contribution is 2.41. The van der Waals surface area contributed by atoms with Crippen molar-refractivity contribution in [3.8, 4) is 0 Å². The molecule has 0 aliphatic heterocycles. The molecule has 0 unspecified atom stereocenters. The largest absolute Gasteiger partial charge is 0.293 e. The Morgan fingerprint density at radius 1 is 1.16 bits per heavy atom. The summed E-state index contributed by atoms with van der Waals surface area (Å²) in [5, 5.41) is 0. The minimum absolute atomic E-state index is 0.273. The third kappa shape index (κ3) is 3.28. The smallest absolute Gasteiger partial charge is 0.176 e. The van der Waals surface area contributed by atoms with Crippen LogP contribution in [0.4, 0.5) is 0 Å². The predicted octanol–water partition coefficient (Wildman–Crippen LogP) is 5.40. The fraction of sp³-hybridized carbons (Fsp3) is 0.706. The maximum absolute atomic E-state index is 12.6. The van der Waals surface area contributed by atoms with Gasteiger partial charge in [0, 0.05) is 10.8 Å². The highest BCUT2D eigenvalue weighted by Gasteiger charge is 2.33. The van der Waals surface area contributed by atoms with Gasteiger partial charge in [0.2, 0.25) is 0 Å². The summed E-state index contributed by atoms with van der Waals surface area (Å²) in [4.78, 5) is 14.9.